The van der Waals surface area contributed by atoms with Crippen LogP contribution in [0.3, 0.4) is 0 Å². The van der Waals surface area contributed by atoms with Crippen molar-refractivity contribution < 1.29 is 19.4 Å². The molecule has 2 N–H and O–H groups in total. The standard InChI is InChI=1S/C12H22N2O4/c1-3-4-5-10(11(15)16)13-12(17)14-7-6-9(8-14)18-2/h9-10H,3-8H2,1-2H3,(H,13,17)(H,15,16)/t9?,10-/m0/s1. The van der Waals surface area contributed by atoms with E-state index in [-0.39, 0.29) is 12.1 Å². The minimum absolute atomic E-state index is 0.0645. The van der Waals surface area contributed by atoms with Gasteiger partial charge in [-0.2, -0.15) is 0 Å². The van der Waals surface area contributed by atoms with Crippen LogP contribution >= 0.6 is 0 Å². The lowest BCUT2D eigenvalue weighted by Gasteiger charge is -2.20. The molecule has 1 unspecified atom stereocenters. The molecule has 18 heavy (non-hydrogen) atoms. The van der Waals surface area contributed by atoms with Crippen LogP contribution in [0.15, 0.2) is 0 Å². The van der Waals surface area contributed by atoms with Gasteiger partial charge in [-0.1, -0.05) is 19.8 Å². The van der Waals surface area contributed by atoms with Crippen LogP contribution in [-0.2, 0) is 9.53 Å². The molecule has 0 aromatic heterocycles. The largest absolute Gasteiger partial charge is 0.480 e. The summed E-state index contributed by atoms with van der Waals surface area (Å²) in [7, 11) is 1.62. The van der Waals surface area contributed by atoms with E-state index in [1.54, 1.807) is 12.0 Å². The molecule has 0 aromatic carbocycles. The summed E-state index contributed by atoms with van der Waals surface area (Å²) in [4.78, 5) is 24.5. The smallest absolute Gasteiger partial charge is 0.326 e. The van der Waals surface area contributed by atoms with Gasteiger partial charge in [0.05, 0.1) is 6.10 Å². The zero-order valence-electron chi connectivity index (χ0n) is 11.0. The van der Waals surface area contributed by atoms with E-state index in [4.69, 9.17) is 9.84 Å². The average Bonchev–Trinajstić information content (AvgIpc) is 2.82. The van der Waals surface area contributed by atoms with Crippen LogP contribution in [0.5, 0.6) is 0 Å². The summed E-state index contributed by atoms with van der Waals surface area (Å²) in [6.45, 7) is 3.14. The Morgan fingerprint density at radius 1 is 1.56 bits per heavy atom. The Bertz CT molecular complexity index is 296. The van der Waals surface area contributed by atoms with E-state index in [2.05, 4.69) is 5.32 Å². The van der Waals surface area contributed by atoms with E-state index in [0.717, 1.165) is 19.3 Å². The average molecular weight is 258 g/mol. The van der Waals surface area contributed by atoms with E-state index in [1.807, 2.05) is 6.92 Å². The molecule has 0 radical (unpaired) electrons. The Kier molecular flexibility index (Phi) is 5.91. The summed E-state index contributed by atoms with van der Waals surface area (Å²) in [6.07, 6.45) is 3.04. The minimum Gasteiger partial charge on any atom is -0.480 e. The first kappa shape index (κ1) is 14.8. The summed E-state index contributed by atoms with van der Waals surface area (Å²) in [5, 5.41) is 11.6. The minimum atomic E-state index is -0.973. The van der Waals surface area contributed by atoms with Crippen molar-refractivity contribution in [1.29, 1.82) is 0 Å². The number of methoxy groups -OCH3 is 1. The molecule has 6 heteroatoms. The fourth-order valence-corrected chi connectivity index (χ4v) is 2.01. The van der Waals surface area contributed by atoms with Crippen LogP contribution in [-0.4, -0.2) is 54.4 Å². The van der Waals surface area contributed by atoms with Crippen LogP contribution in [0, 0.1) is 0 Å². The Morgan fingerprint density at radius 2 is 2.28 bits per heavy atom. The third kappa shape index (κ3) is 4.18. The molecular formula is C12H22N2O4. The van der Waals surface area contributed by atoms with Gasteiger partial charge in [-0.05, 0) is 12.8 Å². The number of likely N-dealkylation sites (tertiary alicyclic amines) is 1. The molecule has 1 aliphatic heterocycles. The number of aliphatic carboxylic acids is 1. The number of carbonyl (C=O) groups is 2. The second-order valence-electron chi connectivity index (χ2n) is 4.57. The highest BCUT2D eigenvalue weighted by atomic mass is 16.5. The predicted molar refractivity (Wildman–Crippen MR) is 66.5 cm³/mol. The molecule has 0 bridgehead atoms. The molecule has 104 valence electrons. The first-order chi connectivity index (χ1) is 8.58. The summed E-state index contributed by atoms with van der Waals surface area (Å²) >= 11 is 0. The Hall–Kier alpha value is -1.30. The molecule has 0 aliphatic carbocycles. The summed E-state index contributed by atoms with van der Waals surface area (Å²) in [5.74, 6) is -0.973. The molecule has 1 aliphatic rings. The van der Waals surface area contributed by atoms with E-state index < -0.39 is 12.0 Å². The van der Waals surface area contributed by atoms with Crippen molar-refractivity contribution in [2.45, 2.75) is 44.8 Å². The molecule has 0 saturated carbocycles. The lowest BCUT2D eigenvalue weighted by molar-refractivity contribution is -0.139. The Morgan fingerprint density at radius 3 is 2.78 bits per heavy atom. The number of nitrogens with zero attached hydrogens (tertiary/aromatic N) is 1. The van der Waals surface area contributed by atoms with Crippen molar-refractivity contribution >= 4 is 12.0 Å². The Labute approximate surface area is 107 Å². The maximum atomic E-state index is 11.9. The number of urea groups is 1. The number of ether oxygens (including phenoxy) is 1. The summed E-state index contributed by atoms with van der Waals surface area (Å²) in [5.41, 5.74) is 0. The lowest BCUT2D eigenvalue weighted by Crippen LogP contribution is -2.47. The van der Waals surface area contributed by atoms with Crippen molar-refractivity contribution in [3.8, 4) is 0 Å². The van der Waals surface area contributed by atoms with Gasteiger partial charge in [-0.15, -0.1) is 0 Å². The first-order valence-electron chi connectivity index (χ1n) is 6.39. The topological polar surface area (TPSA) is 78.9 Å². The fraction of sp³-hybridized carbons (Fsp3) is 0.833. The third-order valence-corrected chi connectivity index (χ3v) is 3.21. The van der Waals surface area contributed by atoms with E-state index in [1.165, 1.54) is 0 Å². The van der Waals surface area contributed by atoms with Gasteiger partial charge in [0.1, 0.15) is 6.04 Å². The number of carboxylic acids is 1. The molecule has 2 amide bonds. The highest BCUT2D eigenvalue weighted by Gasteiger charge is 2.28. The SMILES string of the molecule is CCCC[C@H](NC(=O)N1CCC(OC)C1)C(=O)O. The third-order valence-electron chi connectivity index (χ3n) is 3.21. The normalized spacial score (nSPS) is 20.8. The molecule has 1 saturated heterocycles. The first-order valence-corrected chi connectivity index (χ1v) is 6.39. The van der Waals surface area contributed by atoms with Crippen molar-refractivity contribution in [3.63, 3.8) is 0 Å². The molecule has 0 aromatic rings. The van der Waals surface area contributed by atoms with Crippen LogP contribution in [0.25, 0.3) is 0 Å². The molecule has 0 spiro atoms. The van der Waals surface area contributed by atoms with E-state index in [9.17, 15) is 9.59 Å². The molecule has 1 rings (SSSR count). The molecule has 6 nitrogen and oxygen atoms in total. The zero-order valence-corrected chi connectivity index (χ0v) is 11.0. The van der Waals surface area contributed by atoms with Crippen LogP contribution in [0.2, 0.25) is 0 Å². The van der Waals surface area contributed by atoms with Gasteiger partial charge >= 0.3 is 12.0 Å². The van der Waals surface area contributed by atoms with Crippen LogP contribution in [0.4, 0.5) is 4.79 Å². The van der Waals surface area contributed by atoms with Gasteiger partial charge < -0.3 is 20.1 Å². The van der Waals surface area contributed by atoms with Gasteiger partial charge in [-0.25, -0.2) is 9.59 Å². The van der Waals surface area contributed by atoms with E-state index >= 15 is 0 Å². The van der Waals surface area contributed by atoms with Crippen LogP contribution < -0.4 is 5.32 Å². The van der Waals surface area contributed by atoms with Gasteiger partial charge in [-0.3, -0.25) is 0 Å². The van der Waals surface area contributed by atoms with E-state index in [0.29, 0.717) is 19.5 Å². The number of rotatable bonds is 6. The predicted octanol–water partition coefficient (Wildman–Crippen LogP) is 1.06. The number of hydrogen-bond donors (Lipinski definition) is 2. The molecule has 1 heterocycles. The van der Waals surface area contributed by atoms with Crippen molar-refractivity contribution in [1.82, 2.24) is 10.2 Å². The van der Waals surface area contributed by atoms with Crippen molar-refractivity contribution in [3.05, 3.63) is 0 Å². The van der Waals surface area contributed by atoms with Gasteiger partial charge in [0.25, 0.3) is 0 Å². The molecule has 1 fully saturated rings. The maximum absolute atomic E-state index is 11.9. The number of nitrogens with one attached hydrogen (secondary N) is 1. The quantitative estimate of drug-likeness (QED) is 0.746. The van der Waals surface area contributed by atoms with Gasteiger partial charge in [0.2, 0.25) is 0 Å². The zero-order chi connectivity index (χ0) is 13.5. The lowest BCUT2D eigenvalue weighted by atomic mass is 10.1. The van der Waals surface area contributed by atoms with Crippen molar-refractivity contribution in [2.75, 3.05) is 20.2 Å². The molecular weight excluding hydrogens is 236 g/mol. The summed E-state index contributed by atoms with van der Waals surface area (Å²) in [6, 6.07) is -1.10. The number of carbonyl (C=O) groups excluding carboxylic acids is 1. The van der Waals surface area contributed by atoms with Crippen LogP contribution in [0.1, 0.15) is 32.6 Å². The monoisotopic (exact) mass is 258 g/mol. The number of unbranched alkanes of at least 4 members (excludes halogenated alkanes) is 1. The number of amides is 2. The second-order valence-corrected chi connectivity index (χ2v) is 4.57. The maximum Gasteiger partial charge on any atom is 0.326 e. The van der Waals surface area contributed by atoms with Crippen molar-refractivity contribution in [2.24, 2.45) is 0 Å². The van der Waals surface area contributed by atoms with Gasteiger partial charge in [0, 0.05) is 20.2 Å². The van der Waals surface area contributed by atoms with Gasteiger partial charge in [0.15, 0.2) is 0 Å². The number of hydrogen-bond acceptors (Lipinski definition) is 3. The Balaban J connectivity index is 2.43. The fourth-order valence-electron chi connectivity index (χ4n) is 2.01. The molecule has 2 atom stereocenters. The summed E-state index contributed by atoms with van der Waals surface area (Å²) < 4.78 is 5.17. The second kappa shape index (κ2) is 7.20. The number of carboxylic acid groups (broad SMARTS) is 1. The highest BCUT2D eigenvalue weighted by Crippen LogP contribution is 2.12. The highest BCUT2D eigenvalue weighted by molar-refractivity contribution is 5.82.